The van der Waals surface area contributed by atoms with Crippen molar-refractivity contribution in [1.82, 2.24) is 19.5 Å². The molecule has 8 heteroatoms. The zero-order chi connectivity index (χ0) is 13.4. The lowest BCUT2D eigenvalue weighted by Crippen LogP contribution is -2.18. The first kappa shape index (κ1) is 12.6. The molecule has 1 fully saturated rings. The van der Waals surface area contributed by atoms with Gasteiger partial charge in [0.05, 0.1) is 18.3 Å². The van der Waals surface area contributed by atoms with E-state index in [0.717, 1.165) is 6.42 Å². The fourth-order valence-corrected chi connectivity index (χ4v) is 3.98. The number of nitrogens with two attached hydrogens (primary N) is 1. The van der Waals surface area contributed by atoms with Crippen LogP contribution in [0.5, 0.6) is 0 Å². The molecule has 3 rings (SSSR count). The Kier molecular flexibility index (Phi) is 3.29. The van der Waals surface area contributed by atoms with Gasteiger partial charge in [-0.2, -0.15) is 0 Å². The molecule has 7 nitrogen and oxygen atoms in total. The van der Waals surface area contributed by atoms with Crippen LogP contribution in [0.3, 0.4) is 0 Å². The van der Waals surface area contributed by atoms with E-state index in [1.807, 2.05) is 4.57 Å². The molecule has 0 saturated carbocycles. The number of aliphatic hydroxyl groups is 2. The minimum atomic E-state index is 0.0478. The van der Waals surface area contributed by atoms with Gasteiger partial charge in [0.1, 0.15) is 11.8 Å². The van der Waals surface area contributed by atoms with Gasteiger partial charge in [-0.25, -0.2) is 15.0 Å². The maximum absolute atomic E-state index is 9.35. The monoisotopic (exact) mass is 281 g/mol. The molecule has 3 atom stereocenters. The molecule has 0 unspecified atom stereocenters. The quantitative estimate of drug-likeness (QED) is 0.727. The highest BCUT2D eigenvalue weighted by atomic mass is 32.2. The molecule has 3 heterocycles. The minimum absolute atomic E-state index is 0.0478. The van der Waals surface area contributed by atoms with Crippen LogP contribution in [0.25, 0.3) is 11.2 Å². The standard InChI is InChI=1S/C11H15N5O2S/c12-10-9-11(14-4-13-10)16(5-15-9)8-1-6(2-17)7(3-18)19-8/h4-8,17-18H,1-3H2,(H2,12,13,14)/t6-,7-,8+/m1/s1. The Morgan fingerprint density at radius 2 is 2.16 bits per heavy atom. The number of fused-ring (bicyclic) bond motifs is 1. The zero-order valence-electron chi connectivity index (χ0n) is 10.2. The van der Waals surface area contributed by atoms with Crippen molar-refractivity contribution in [2.24, 2.45) is 5.92 Å². The van der Waals surface area contributed by atoms with Gasteiger partial charge < -0.3 is 20.5 Å². The van der Waals surface area contributed by atoms with Crippen molar-refractivity contribution in [3.8, 4) is 0 Å². The number of anilines is 1. The molecule has 4 N–H and O–H groups in total. The van der Waals surface area contributed by atoms with Gasteiger partial charge in [0, 0.05) is 11.9 Å². The van der Waals surface area contributed by atoms with E-state index in [4.69, 9.17) is 5.73 Å². The summed E-state index contributed by atoms with van der Waals surface area (Å²) in [4.78, 5) is 12.4. The van der Waals surface area contributed by atoms with Crippen LogP contribution in [0.2, 0.25) is 0 Å². The lowest BCUT2D eigenvalue weighted by Gasteiger charge is -2.12. The first-order valence-electron chi connectivity index (χ1n) is 6.04. The van der Waals surface area contributed by atoms with Crippen LogP contribution >= 0.6 is 11.8 Å². The lowest BCUT2D eigenvalue weighted by molar-refractivity contribution is 0.188. The van der Waals surface area contributed by atoms with Gasteiger partial charge in [0.25, 0.3) is 0 Å². The maximum atomic E-state index is 9.35. The molecule has 2 aromatic rings. The number of rotatable bonds is 3. The largest absolute Gasteiger partial charge is 0.396 e. The maximum Gasteiger partial charge on any atom is 0.166 e. The summed E-state index contributed by atoms with van der Waals surface area (Å²) in [6.07, 6.45) is 3.89. The first-order chi connectivity index (χ1) is 9.24. The van der Waals surface area contributed by atoms with Crippen LogP contribution in [0, 0.1) is 5.92 Å². The van der Waals surface area contributed by atoms with Crippen molar-refractivity contribution in [2.75, 3.05) is 18.9 Å². The number of nitrogens with zero attached hydrogens (tertiary/aromatic N) is 4. The Hall–Kier alpha value is -1.38. The van der Waals surface area contributed by atoms with Gasteiger partial charge in [-0.15, -0.1) is 11.8 Å². The van der Waals surface area contributed by atoms with E-state index >= 15 is 0 Å². The number of hydrogen-bond donors (Lipinski definition) is 3. The van der Waals surface area contributed by atoms with E-state index in [0.29, 0.717) is 17.0 Å². The topological polar surface area (TPSA) is 110 Å². The van der Waals surface area contributed by atoms with Gasteiger partial charge in [0.15, 0.2) is 11.5 Å². The summed E-state index contributed by atoms with van der Waals surface area (Å²) >= 11 is 1.63. The van der Waals surface area contributed by atoms with Crippen molar-refractivity contribution in [2.45, 2.75) is 17.0 Å². The molecule has 0 bridgehead atoms. The predicted molar refractivity (Wildman–Crippen MR) is 72.4 cm³/mol. The summed E-state index contributed by atoms with van der Waals surface area (Å²) in [7, 11) is 0. The highest BCUT2D eigenvalue weighted by Crippen LogP contribution is 2.45. The SMILES string of the molecule is Nc1ncnc2c1ncn2[C@@H]1C[C@H](CO)[C@@H](CO)S1. The van der Waals surface area contributed by atoms with Crippen LogP contribution < -0.4 is 5.73 Å². The van der Waals surface area contributed by atoms with E-state index in [2.05, 4.69) is 15.0 Å². The predicted octanol–water partition coefficient (Wildman–Crippen LogP) is 0.0134. The second-order valence-corrected chi connectivity index (χ2v) is 5.99. The van der Waals surface area contributed by atoms with Gasteiger partial charge in [-0.1, -0.05) is 0 Å². The third-order valence-electron chi connectivity index (χ3n) is 3.47. The molecule has 1 aliphatic heterocycles. The van der Waals surface area contributed by atoms with Crippen LogP contribution in [0.15, 0.2) is 12.7 Å². The molecule has 1 aliphatic rings. The van der Waals surface area contributed by atoms with E-state index in [9.17, 15) is 10.2 Å². The van der Waals surface area contributed by atoms with E-state index in [-0.39, 0.29) is 29.8 Å². The van der Waals surface area contributed by atoms with Crippen LogP contribution in [0.4, 0.5) is 5.82 Å². The molecule has 0 aromatic carbocycles. The molecular formula is C11H15N5O2S. The normalized spacial score (nSPS) is 27.2. The van der Waals surface area contributed by atoms with Gasteiger partial charge >= 0.3 is 0 Å². The van der Waals surface area contributed by atoms with Crippen molar-refractivity contribution in [3.63, 3.8) is 0 Å². The molecule has 1 saturated heterocycles. The number of imidazole rings is 1. The fourth-order valence-electron chi connectivity index (χ4n) is 2.42. The smallest absolute Gasteiger partial charge is 0.166 e. The molecule has 102 valence electrons. The number of nitrogen functional groups attached to an aromatic ring is 1. The average Bonchev–Trinajstić information content (AvgIpc) is 3.02. The Morgan fingerprint density at radius 3 is 2.84 bits per heavy atom. The summed E-state index contributed by atoms with van der Waals surface area (Å²) in [6.45, 7) is 0.147. The van der Waals surface area contributed by atoms with Crippen molar-refractivity contribution >= 4 is 28.7 Å². The third kappa shape index (κ3) is 2.05. The molecule has 0 aliphatic carbocycles. The second-order valence-electron chi connectivity index (χ2n) is 4.57. The van der Waals surface area contributed by atoms with Crippen LogP contribution in [0.1, 0.15) is 11.8 Å². The van der Waals surface area contributed by atoms with Crippen molar-refractivity contribution in [3.05, 3.63) is 12.7 Å². The Balaban J connectivity index is 1.95. The first-order valence-corrected chi connectivity index (χ1v) is 6.99. The molecular weight excluding hydrogens is 266 g/mol. The molecule has 0 radical (unpaired) electrons. The summed E-state index contributed by atoms with van der Waals surface area (Å²) in [6, 6.07) is 0. The molecule has 0 spiro atoms. The highest BCUT2D eigenvalue weighted by Gasteiger charge is 2.35. The summed E-state index contributed by atoms with van der Waals surface area (Å²) in [5.74, 6) is 0.459. The van der Waals surface area contributed by atoms with Gasteiger partial charge in [0.2, 0.25) is 0 Å². The zero-order valence-corrected chi connectivity index (χ0v) is 11.0. The van der Waals surface area contributed by atoms with Crippen molar-refractivity contribution < 1.29 is 10.2 Å². The number of aliphatic hydroxyl groups excluding tert-OH is 2. The summed E-state index contributed by atoms with van der Waals surface area (Å²) in [5, 5.41) is 18.8. The molecule has 0 amide bonds. The van der Waals surface area contributed by atoms with Gasteiger partial charge in [-0.3, -0.25) is 0 Å². The molecule has 2 aromatic heterocycles. The van der Waals surface area contributed by atoms with Crippen molar-refractivity contribution in [1.29, 1.82) is 0 Å². The summed E-state index contributed by atoms with van der Waals surface area (Å²) in [5.41, 5.74) is 7.05. The third-order valence-corrected chi connectivity index (χ3v) is 5.09. The second kappa shape index (κ2) is 4.95. The number of hydrogen-bond acceptors (Lipinski definition) is 7. The lowest BCUT2D eigenvalue weighted by atomic mass is 10.0. The van der Waals surface area contributed by atoms with Crippen LogP contribution in [-0.4, -0.2) is 48.2 Å². The molecule has 19 heavy (non-hydrogen) atoms. The Morgan fingerprint density at radius 1 is 1.32 bits per heavy atom. The number of aromatic nitrogens is 4. The number of thioether (sulfide) groups is 1. The minimum Gasteiger partial charge on any atom is -0.396 e. The van der Waals surface area contributed by atoms with E-state index in [1.165, 1.54) is 6.33 Å². The Labute approximate surface area is 113 Å². The van der Waals surface area contributed by atoms with E-state index < -0.39 is 0 Å². The van der Waals surface area contributed by atoms with Crippen LogP contribution in [-0.2, 0) is 0 Å². The summed E-state index contributed by atoms with van der Waals surface area (Å²) < 4.78 is 1.94. The van der Waals surface area contributed by atoms with E-state index in [1.54, 1.807) is 18.1 Å². The Bertz CT molecular complexity index is 577. The highest BCUT2D eigenvalue weighted by molar-refractivity contribution is 8.00. The van der Waals surface area contributed by atoms with Gasteiger partial charge in [-0.05, 0) is 12.3 Å². The fraction of sp³-hybridized carbons (Fsp3) is 0.545. The average molecular weight is 281 g/mol.